The predicted octanol–water partition coefficient (Wildman–Crippen LogP) is 1.56. The molecule has 1 aromatic rings. The van der Waals surface area contributed by atoms with E-state index in [1.54, 1.807) is 17.0 Å². The summed E-state index contributed by atoms with van der Waals surface area (Å²) in [4.78, 5) is 28.9. The Kier molecular flexibility index (Phi) is 5.13. The second-order valence-electron chi connectivity index (χ2n) is 6.90. The number of hydrogen-bond acceptors (Lipinski definition) is 4. The Hall–Kier alpha value is -1.89. The fourth-order valence-electron chi connectivity index (χ4n) is 3.55. The van der Waals surface area contributed by atoms with Crippen molar-refractivity contribution in [2.24, 2.45) is 5.92 Å². The number of amides is 2. The summed E-state index contributed by atoms with van der Waals surface area (Å²) < 4.78 is 23.0. The molecule has 25 heavy (non-hydrogen) atoms. The van der Waals surface area contributed by atoms with E-state index in [-0.39, 0.29) is 22.6 Å². The average molecular weight is 364 g/mol. The smallest absolute Gasteiger partial charge is 0.253 e. The Labute approximate surface area is 148 Å². The molecule has 2 fully saturated rings. The van der Waals surface area contributed by atoms with Crippen molar-refractivity contribution in [1.29, 1.82) is 0 Å². The van der Waals surface area contributed by atoms with Gasteiger partial charge in [-0.25, -0.2) is 8.42 Å². The van der Waals surface area contributed by atoms with E-state index in [1.165, 1.54) is 12.1 Å². The SMILES string of the molecule is CS(=O)(=O)c1ccc(C(=O)N2CCC(C(=O)N3CCCC3)CC2)cc1. The number of benzene rings is 1. The minimum Gasteiger partial charge on any atom is -0.342 e. The molecule has 2 amide bonds. The molecule has 0 atom stereocenters. The maximum absolute atomic E-state index is 12.6. The first-order valence-electron chi connectivity index (χ1n) is 8.74. The molecule has 2 heterocycles. The number of carbonyl (C=O) groups excluding carboxylic acids is 2. The molecule has 2 saturated heterocycles. The van der Waals surface area contributed by atoms with Gasteiger partial charge in [-0.15, -0.1) is 0 Å². The van der Waals surface area contributed by atoms with Crippen molar-refractivity contribution in [1.82, 2.24) is 9.80 Å². The molecule has 0 spiro atoms. The van der Waals surface area contributed by atoms with Gasteiger partial charge < -0.3 is 9.80 Å². The highest BCUT2D eigenvalue weighted by molar-refractivity contribution is 7.90. The molecule has 2 aliphatic heterocycles. The number of rotatable bonds is 3. The molecule has 2 aliphatic rings. The summed E-state index contributed by atoms with van der Waals surface area (Å²) >= 11 is 0. The van der Waals surface area contributed by atoms with Crippen molar-refractivity contribution in [3.05, 3.63) is 29.8 Å². The molecular weight excluding hydrogens is 340 g/mol. The maximum Gasteiger partial charge on any atom is 0.253 e. The first-order valence-corrected chi connectivity index (χ1v) is 10.6. The van der Waals surface area contributed by atoms with Gasteiger partial charge in [0.05, 0.1) is 4.90 Å². The molecular formula is C18H24N2O4S. The lowest BCUT2D eigenvalue weighted by atomic mass is 9.95. The summed E-state index contributed by atoms with van der Waals surface area (Å²) in [6.45, 7) is 2.86. The second-order valence-corrected chi connectivity index (χ2v) is 8.91. The lowest BCUT2D eigenvalue weighted by Gasteiger charge is -2.33. The maximum atomic E-state index is 12.6. The molecule has 7 heteroatoms. The van der Waals surface area contributed by atoms with Crippen LogP contribution >= 0.6 is 0 Å². The summed E-state index contributed by atoms with van der Waals surface area (Å²) in [5.74, 6) is 0.156. The van der Waals surface area contributed by atoms with Crippen LogP contribution in [0.15, 0.2) is 29.2 Å². The Balaban J connectivity index is 1.59. The predicted molar refractivity (Wildman–Crippen MR) is 94.0 cm³/mol. The van der Waals surface area contributed by atoms with Gasteiger partial charge in [-0.2, -0.15) is 0 Å². The van der Waals surface area contributed by atoms with Gasteiger partial charge in [0.15, 0.2) is 9.84 Å². The Morgan fingerprint density at radius 2 is 1.48 bits per heavy atom. The molecule has 0 radical (unpaired) electrons. The van der Waals surface area contributed by atoms with Crippen LogP contribution in [-0.4, -0.2) is 62.5 Å². The number of piperidine rings is 1. The van der Waals surface area contributed by atoms with Gasteiger partial charge in [0.25, 0.3) is 5.91 Å². The monoisotopic (exact) mass is 364 g/mol. The molecule has 6 nitrogen and oxygen atoms in total. The first kappa shape index (κ1) is 17.9. The van der Waals surface area contributed by atoms with Crippen molar-refractivity contribution in [2.45, 2.75) is 30.6 Å². The van der Waals surface area contributed by atoms with Gasteiger partial charge in [0.2, 0.25) is 5.91 Å². The summed E-state index contributed by atoms with van der Waals surface area (Å²) in [6.07, 6.45) is 4.72. The van der Waals surface area contributed by atoms with E-state index >= 15 is 0 Å². The zero-order valence-electron chi connectivity index (χ0n) is 14.5. The fourth-order valence-corrected chi connectivity index (χ4v) is 4.18. The molecule has 3 rings (SSSR count). The quantitative estimate of drug-likeness (QED) is 0.816. The van der Waals surface area contributed by atoms with Crippen LogP contribution in [0.25, 0.3) is 0 Å². The Morgan fingerprint density at radius 1 is 0.920 bits per heavy atom. The molecule has 136 valence electrons. The van der Waals surface area contributed by atoms with Crippen molar-refractivity contribution < 1.29 is 18.0 Å². The third-order valence-corrected chi connectivity index (χ3v) is 6.21. The van der Waals surface area contributed by atoms with E-state index < -0.39 is 9.84 Å². The van der Waals surface area contributed by atoms with Crippen molar-refractivity contribution >= 4 is 21.7 Å². The lowest BCUT2D eigenvalue weighted by molar-refractivity contribution is -0.135. The van der Waals surface area contributed by atoms with Crippen molar-refractivity contribution in [2.75, 3.05) is 32.4 Å². The number of hydrogen-bond donors (Lipinski definition) is 0. The highest BCUT2D eigenvalue weighted by Crippen LogP contribution is 2.23. The Morgan fingerprint density at radius 3 is 2.00 bits per heavy atom. The highest BCUT2D eigenvalue weighted by Gasteiger charge is 2.31. The normalized spacial score (nSPS) is 19.2. The van der Waals surface area contributed by atoms with E-state index in [1.807, 2.05) is 4.90 Å². The first-order chi connectivity index (χ1) is 11.9. The van der Waals surface area contributed by atoms with Crippen LogP contribution < -0.4 is 0 Å². The molecule has 0 saturated carbocycles. The zero-order valence-corrected chi connectivity index (χ0v) is 15.3. The van der Waals surface area contributed by atoms with Crippen LogP contribution in [-0.2, 0) is 14.6 Å². The molecule has 1 aromatic carbocycles. The summed E-state index contributed by atoms with van der Waals surface area (Å²) in [6, 6.07) is 6.04. The minimum atomic E-state index is -3.26. The van der Waals surface area contributed by atoms with Gasteiger partial charge in [0, 0.05) is 43.9 Å². The van der Waals surface area contributed by atoms with E-state index in [4.69, 9.17) is 0 Å². The number of nitrogens with zero attached hydrogens (tertiary/aromatic N) is 2. The highest BCUT2D eigenvalue weighted by atomic mass is 32.2. The topological polar surface area (TPSA) is 74.8 Å². The number of carbonyl (C=O) groups is 2. The largest absolute Gasteiger partial charge is 0.342 e. The molecule has 0 bridgehead atoms. The van der Waals surface area contributed by atoms with Gasteiger partial charge in [-0.1, -0.05) is 0 Å². The van der Waals surface area contributed by atoms with E-state index in [2.05, 4.69) is 0 Å². The van der Waals surface area contributed by atoms with Crippen LogP contribution in [0.4, 0.5) is 0 Å². The van der Waals surface area contributed by atoms with Crippen molar-refractivity contribution in [3.8, 4) is 0 Å². The lowest BCUT2D eigenvalue weighted by Crippen LogP contribution is -2.43. The summed E-state index contributed by atoms with van der Waals surface area (Å²) in [5.41, 5.74) is 0.483. The van der Waals surface area contributed by atoms with Crippen molar-refractivity contribution in [3.63, 3.8) is 0 Å². The molecule has 0 N–H and O–H groups in total. The van der Waals surface area contributed by atoms with Crippen LogP contribution in [0.3, 0.4) is 0 Å². The molecule has 0 aromatic heterocycles. The van der Waals surface area contributed by atoms with E-state index in [0.29, 0.717) is 31.5 Å². The number of sulfone groups is 1. The fraction of sp³-hybridized carbons (Fsp3) is 0.556. The van der Waals surface area contributed by atoms with Crippen LogP contribution in [0.2, 0.25) is 0 Å². The third-order valence-electron chi connectivity index (χ3n) is 5.08. The van der Waals surface area contributed by atoms with Crippen LogP contribution in [0, 0.1) is 5.92 Å². The zero-order chi connectivity index (χ0) is 18.0. The molecule has 0 aliphatic carbocycles. The van der Waals surface area contributed by atoms with Gasteiger partial charge in [-0.3, -0.25) is 9.59 Å². The van der Waals surface area contributed by atoms with Crippen LogP contribution in [0.1, 0.15) is 36.0 Å². The number of likely N-dealkylation sites (tertiary alicyclic amines) is 2. The van der Waals surface area contributed by atoms with Gasteiger partial charge in [0.1, 0.15) is 0 Å². The summed E-state index contributed by atoms with van der Waals surface area (Å²) in [5, 5.41) is 0. The summed E-state index contributed by atoms with van der Waals surface area (Å²) in [7, 11) is -3.26. The molecule has 0 unspecified atom stereocenters. The average Bonchev–Trinajstić information content (AvgIpc) is 3.14. The van der Waals surface area contributed by atoms with E-state index in [9.17, 15) is 18.0 Å². The second kappa shape index (κ2) is 7.15. The minimum absolute atomic E-state index is 0.0229. The van der Waals surface area contributed by atoms with E-state index in [0.717, 1.165) is 32.2 Å². The standard InChI is InChI=1S/C18H24N2O4S/c1-25(23,24)16-6-4-14(5-7-16)17(21)20-12-8-15(9-13-20)18(22)19-10-2-3-11-19/h4-7,15H,2-3,8-13H2,1H3. The Bertz CT molecular complexity index is 744. The van der Waals surface area contributed by atoms with Crippen LogP contribution in [0.5, 0.6) is 0 Å². The third kappa shape index (κ3) is 4.03. The van der Waals surface area contributed by atoms with Gasteiger partial charge in [-0.05, 0) is 49.9 Å². The van der Waals surface area contributed by atoms with Gasteiger partial charge >= 0.3 is 0 Å².